The highest BCUT2D eigenvalue weighted by molar-refractivity contribution is 8.00. The van der Waals surface area contributed by atoms with Crippen LogP contribution in [0.3, 0.4) is 0 Å². The Hall–Kier alpha value is -2.19. The molecule has 28 heavy (non-hydrogen) atoms. The standard InChI is InChI=1S/C20H19F2NO3S2/c1-14(18-4-2-3-5-19(18)22)27-12-20(24)23(16-8-6-15(21)7-9-16)17-10-11-28(25,26)13-17/h2-11,14,17H,12-13H2,1H3/t14-,17+/m0/s1. The second-order valence-corrected chi connectivity index (χ2v) is 9.70. The van der Waals surface area contributed by atoms with Crippen LogP contribution in [0, 0.1) is 11.6 Å². The lowest BCUT2D eigenvalue weighted by atomic mass is 10.1. The summed E-state index contributed by atoms with van der Waals surface area (Å²) in [4.78, 5) is 14.3. The van der Waals surface area contributed by atoms with Crippen molar-refractivity contribution in [3.8, 4) is 0 Å². The summed E-state index contributed by atoms with van der Waals surface area (Å²) in [6, 6.07) is 11.0. The summed E-state index contributed by atoms with van der Waals surface area (Å²) in [6.07, 6.45) is 1.46. The molecule has 0 bridgehead atoms. The first kappa shape index (κ1) is 20.5. The fourth-order valence-corrected chi connectivity index (χ4v) is 5.17. The summed E-state index contributed by atoms with van der Waals surface area (Å²) in [5.74, 6) is -1.31. The number of anilines is 1. The van der Waals surface area contributed by atoms with Gasteiger partial charge in [-0.2, -0.15) is 0 Å². The number of rotatable bonds is 6. The Morgan fingerprint density at radius 3 is 2.46 bits per heavy atom. The zero-order valence-corrected chi connectivity index (χ0v) is 16.7. The van der Waals surface area contributed by atoms with Gasteiger partial charge in [0.15, 0.2) is 9.84 Å². The van der Waals surface area contributed by atoms with Crippen LogP contribution in [-0.2, 0) is 14.6 Å². The van der Waals surface area contributed by atoms with Gasteiger partial charge >= 0.3 is 0 Å². The lowest BCUT2D eigenvalue weighted by Gasteiger charge is -2.28. The molecular formula is C20H19F2NO3S2. The second kappa shape index (κ2) is 8.45. The number of halogens is 2. The largest absolute Gasteiger partial charge is 0.304 e. The highest BCUT2D eigenvalue weighted by Crippen LogP contribution is 2.31. The van der Waals surface area contributed by atoms with Crippen molar-refractivity contribution in [2.45, 2.75) is 18.2 Å². The highest BCUT2D eigenvalue weighted by atomic mass is 32.2. The van der Waals surface area contributed by atoms with E-state index < -0.39 is 21.7 Å². The van der Waals surface area contributed by atoms with Crippen LogP contribution in [0.15, 0.2) is 60.0 Å². The van der Waals surface area contributed by atoms with E-state index in [0.717, 1.165) is 5.41 Å². The van der Waals surface area contributed by atoms with Gasteiger partial charge in [0.1, 0.15) is 11.6 Å². The maximum Gasteiger partial charge on any atom is 0.237 e. The first-order chi connectivity index (χ1) is 13.3. The third-order valence-corrected chi connectivity index (χ3v) is 6.96. The van der Waals surface area contributed by atoms with Gasteiger partial charge in [0.2, 0.25) is 5.91 Å². The van der Waals surface area contributed by atoms with E-state index in [9.17, 15) is 22.0 Å². The minimum atomic E-state index is -3.37. The fraction of sp³-hybridized carbons (Fsp3) is 0.250. The molecule has 0 N–H and O–H groups in total. The van der Waals surface area contributed by atoms with Gasteiger partial charge in [0, 0.05) is 21.9 Å². The van der Waals surface area contributed by atoms with Crippen LogP contribution < -0.4 is 4.90 Å². The molecule has 2 aromatic rings. The van der Waals surface area contributed by atoms with E-state index in [1.54, 1.807) is 25.1 Å². The van der Waals surface area contributed by atoms with Crippen LogP contribution >= 0.6 is 11.8 Å². The third-order valence-electron chi connectivity index (χ3n) is 4.42. The Morgan fingerprint density at radius 2 is 1.86 bits per heavy atom. The number of nitrogens with zero attached hydrogens (tertiary/aromatic N) is 1. The summed E-state index contributed by atoms with van der Waals surface area (Å²) in [5, 5.41) is 0.833. The van der Waals surface area contributed by atoms with Crippen LogP contribution in [0.1, 0.15) is 17.7 Å². The Labute approximate surface area is 167 Å². The monoisotopic (exact) mass is 423 g/mol. The van der Waals surface area contributed by atoms with Gasteiger partial charge in [0.05, 0.1) is 17.5 Å². The number of amides is 1. The molecule has 148 valence electrons. The van der Waals surface area contributed by atoms with Gasteiger partial charge in [-0.1, -0.05) is 18.2 Å². The first-order valence-corrected chi connectivity index (χ1v) is 11.4. The molecule has 1 amide bonds. The van der Waals surface area contributed by atoms with E-state index in [2.05, 4.69) is 0 Å². The molecule has 0 saturated carbocycles. The van der Waals surface area contributed by atoms with Crippen molar-refractivity contribution in [1.29, 1.82) is 0 Å². The Balaban J connectivity index is 1.78. The summed E-state index contributed by atoms with van der Waals surface area (Å²) in [5.41, 5.74) is 0.911. The van der Waals surface area contributed by atoms with Crippen molar-refractivity contribution in [1.82, 2.24) is 0 Å². The van der Waals surface area contributed by atoms with Gasteiger partial charge < -0.3 is 4.90 Å². The van der Waals surface area contributed by atoms with E-state index in [1.807, 2.05) is 0 Å². The van der Waals surface area contributed by atoms with Crippen molar-refractivity contribution in [2.24, 2.45) is 0 Å². The first-order valence-electron chi connectivity index (χ1n) is 8.61. The van der Waals surface area contributed by atoms with Crippen molar-refractivity contribution < 1.29 is 22.0 Å². The Kier molecular flexibility index (Phi) is 6.20. The molecule has 0 fully saturated rings. The second-order valence-electron chi connectivity index (χ2n) is 6.44. The Morgan fingerprint density at radius 1 is 1.18 bits per heavy atom. The molecule has 4 nitrogen and oxygen atoms in total. The molecule has 0 radical (unpaired) electrons. The molecule has 0 spiro atoms. The summed E-state index contributed by atoms with van der Waals surface area (Å²) >= 11 is 1.26. The third kappa shape index (κ3) is 4.80. The molecule has 0 saturated heterocycles. The summed E-state index contributed by atoms with van der Waals surface area (Å²) in [7, 11) is -3.37. The van der Waals surface area contributed by atoms with Gasteiger partial charge in [-0.05, 0) is 43.3 Å². The molecule has 1 aliphatic heterocycles. The lowest BCUT2D eigenvalue weighted by molar-refractivity contribution is -0.116. The van der Waals surface area contributed by atoms with E-state index in [4.69, 9.17) is 0 Å². The number of sulfone groups is 1. The number of hydrogen-bond acceptors (Lipinski definition) is 4. The van der Waals surface area contributed by atoms with E-state index in [1.165, 1.54) is 53.1 Å². The number of carbonyl (C=O) groups is 1. The fourth-order valence-electron chi connectivity index (χ4n) is 3.00. The lowest BCUT2D eigenvalue weighted by Crippen LogP contribution is -2.42. The van der Waals surface area contributed by atoms with Crippen molar-refractivity contribution in [2.75, 3.05) is 16.4 Å². The maximum absolute atomic E-state index is 13.9. The maximum atomic E-state index is 13.9. The molecule has 0 aliphatic carbocycles. The zero-order chi connectivity index (χ0) is 20.3. The molecule has 2 atom stereocenters. The summed E-state index contributed by atoms with van der Waals surface area (Å²) < 4.78 is 50.8. The SMILES string of the molecule is C[C@H](SCC(=O)N(c1ccc(F)cc1)[C@@H]1C=CS(=O)(=O)C1)c1ccccc1F. The van der Waals surface area contributed by atoms with Gasteiger partial charge in [-0.3, -0.25) is 4.79 Å². The van der Waals surface area contributed by atoms with Crippen LogP contribution in [0.4, 0.5) is 14.5 Å². The van der Waals surface area contributed by atoms with Crippen molar-refractivity contribution >= 4 is 33.2 Å². The summed E-state index contributed by atoms with van der Waals surface area (Å²) in [6.45, 7) is 1.80. The van der Waals surface area contributed by atoms with Gasteiger partial charge in [-0.15, -0.1) is 11.8 Å². The van der Waals surface area contributed by atoms with Crippen LogP contribution in [0.25, 0.3) is 0 Å². The minimum Gasteiger partial charge on any atom is -0.304 e. The molecule has 8 heteroatoms. The van der Waals surface area contributed by atoms with E-state index in [0.29, 0.717) is 11.3 Å². The highest BCUT2D eigenvalue weighted by Gasteiger charge is 2.31. The van der Waals surface area contributed by atoms with Crippen LogP contribution in [0.5, 0.6) is 0 Å². The van der Waals surface area contributed by atoms with E-state index in [-0.39, 0.29) is 28.5 Å². The molecule has 0 aromatic heterocycles. The molecule has 1 heterocycles. The van der Waals surface area contributed by atoms with E-state index >= 15 is 0 Å². The van der Waals surface area contributed by atoms with Crippen molar-refractivity contribution in [3.63, 3.8) is 0 Å². The molecule has 1 aliphatic rings. The average Bonchev–Trinajstić information content (AvgIpc) is 3.01. The normalized spacial score (nSPS) is 18.8. The topological polar surface area (TPSA) is 54.5 Å². The molecule has 2 aromatic carbocycles. The van der Waals surface area contributed by atoms with Gasteiger partial charge in [0.25, 0.3) is 0 Å². The Bertz CT molecular complexity index is 991. The van der Waals surface area contributed by atoms with Crippen LogP contribution in [0.2, 0.25) is 0 Å². The van der Waals surface area contributed by atoms with Gasteiger partial charge in [-0.25, -0.2) is 17.2 Å². The van der Waals surface area contributed by atoms with Crippen molar-refractivity contribution in [3.05, 3.63) is 77.2 Å². The smallest absolute Gasteiger partial charge is 0.237 e. The zero-order valence-electron chi connectivity index (χ0n) is 15.1. The number of thioether (sulfide) groups is 1. The molecule has 0 unspecified atom stereocenters. The minimum absolute atomic E-state index is 0.0251. The molecule has 3 rings (SSSR count). The van der Waals surface area contributed by atoms with Crippen LogP contribution in [-0.4, -0.2) is 31.9 Å². The number of carbonyl (C=O) groups excluding carboxylic acids is 1. The predicted octanol–water partition coefficient (Wildman–Crippen LogP) is 4.10. The average molecular weight is 424 g/mol. The predicted molar refractivity (Wildman–Crippen MR) is 108 cm³/mol. The number of hydrogen-bond donors (Lipinski definition) is 0. The quantitative estimate of drug-likeness (QED) is 0.702. The number of benzene rings is 2. The molecular weight excluding hydrogens is 404 g/mol.